The van der Waals surface area contributed by atoms with Crippen molar-refractivity contribution < 1.29 is 9.53 Å². The number of guanidine groups is 1. The molecular formula is C24H34IN5O2. The molecule has 2 heterocycles. The highest BCUT2D eigenvalue weighted by atomic mass is 127. The quantitative estimate of drug-likeness (QED) is 0.300. The predicted molar refractivity (Wildman–Crippen MR) is 139 cm³/mol. The summed E-state index contributed by atoms with van der Waals surface area (Å²) in [6.45, 7) is 6.81. The Morgan fingerprint density at radius 1 is 1.25 bits per heavy atom. The maximum atomic E-state index is 12.4. The van der Waals surface area contributed by atoms with Crippen LogP contribution in [0, 0.1) is 19.8 Å². The summed E-state index contributed by atoms with van der Waals surface area (Å²) in [6.07, 6.45) is 3.30. The molecule has 2 aromatic rings. The minimum Gasteiger partial charge on any atom is -0.496 e. The Labute approximate surface area is 208 Å². The fourth-order valence-electron chi connectivity index (χ4n) is 3.99. The van der Waals surface area contributed by atoms with Gasteiger partial charge in [0.15, 0.2) is 5.96 Å². The van der Waals surface area contributed by atoms with E-state index in [0.29, 0.717) is 25.5 Å². The number of nitrogens with one attached hydrogen (secondary N) is 2. The van der Waals surface area contributed by atoms with E-state index in [1.165, 1.54) is 5.56 Å². The second kappa shape index (κ2) is 12.6. The molecule has 1 aromatic heterocycles. The zero-order valence-electron chi connectivity index (χ0n) is 19.4. The van der Waals surface area contributed by atoms with Gasteiger partial charge in [0.25, 0.3) is 0 Å². The molecule has 2 N–H and O–H groups in total. The SMILES string of the molecule is CN=C(NCc1ncc(C)c(OC)c1C)NCC1CC(=O)N(CCc2ccccc2)C1.I. The number of pyridine rings is 1. The zero-order valence-corrected chi connectivity index (χ0v) is 21.7. The third-order valence-corrected chi connectivity index (χ3v) is 5.76. The summed E-state index contributed by atoms with van der Waals surface area (Å²) in [7, 11) is 3.43. The number of ether oxygens (including phenoxy) is 1. The summed E-state index contributed by atoms with van der Waals surface area (Å²) in [5, 5.41) is 6.67. The Bertz CT molecular complexity index is 920. The summed E-state index contributed by atoms with van der Waals surface area (Å²) >= 11 is 0. The molecule has 1 amide bonds. The number of likely N-dealkylation sites (tertiary alicyclic amines) is 1. The van der Waals surface area contributed by atoms with Gasteiger partial charge in [-0.2, -0.15) is 0 Å². The standard InChI is InChI=1S/C24H33N5O2.HI/c1-17-13-26-21(18(2)23(17)31-4)15-28-24(25-3)27-14-20-12-22(30)29(16-20)11-10-19-8-6-5-7-9-19;/h5-9,13,20H,10-12,14-16H2,1-4H3,(H2,25,27,28);1H. The number of carbonyl (C=O) groups excluding carboxylic acids is 1. The van der Waals surface area contributed by atoms with Gasteiger partial charge < -0.3 is 20.3 Å². The van der Waals surface area contributed by atoms with Gasteiger partial charge in [-0.1, -0.05) is 30.3 Å². The summed E-state index contributed by atoms with van der Waals surface area (Å²) < 4.78 is 5.48. The highest BCUT2D eigenvalue weighted by Gasteiger charge is 2.29. The number of hydrogen-bond donors (Lipinski definition) is 2. The van der Waals surface area contributed by atoms with Crippen LogP contribution in [-0.4, -0.2) is 55.5 Å². The van der Waals surface area contributed by atoms with Crippen LogP contribution in [0.5, 0.6) is 5.75 Å². The molecule has 1 aliphatic rings. The first kappa shape index (κ1) is 25.9. The lowest BCUT2D eigenvalue weighted by molar-refractivity contribution is -0.127. The van der Waals surface area contributed by atoms with E-state index in [1.54, 1.807) is 14.2 Å². The Morgan fingerprint density at radius 3 is 2.69 bits per heavy atom. The highest BCUT2D eigenvalue weighted by molar-refractivity contribution is 14.0. The van der Waals surface area contributed by atoms with Gasteiger partial charge >= 0.3 is 0 Å². The Hall–Kier alpha value is -2.36. The van der Waals surface area contributed by atoms with Crippen molar-refractivity contribution in [3.8, 4) is 5.75 Å². The van der Waals surface area contributed by atoms with Crippen LogP contribution in [0.1, 0.15) is 28.8 Å². The predicted octanol–water partition coefficient (Wildman–Crippen LogP) is 3.08. The molecule has 1 aromatic carbocycles. The lowest BCUT2D eigenvalue weighted by atomic mass is 10.1. The molecule has 0 spiro atoms. The van der Waals surface area contributed by atoms with Gasteiger partial charge in [0.1, 0.15) is 5.75 Å². The first-order valence-corrected chi connectivity index (χ1v) is 10.8. The molecule has 1 aliphatic heterocycles. The molecule has 8 heteroatoms. The minimum atomic E-state index is 0. The molecule has 0 bridgehead atoms. The second-order valence-corrected chi connectivity index (χ2v) is 8.00. The number of nitrogens with zero attached hydrogens (tertiary/aromatic N) is 3. The van der Waals surface area contributed by atoms with E-state index < -0.39 is 0 Å². The van der Waals surface area contributed by atoms with Crippen LogP contribution in [0.15, 0.2) is 41.5 Å². The molecule has 174 valence electrons. The first-order chi connectivity index (χ1) is 15.0. The fraction of sp³-hybridized carbons (Fsp3) is 0.458. The van der Waals surface area contributed by atoms with Crippen molar-refractivity contribution in [1.82, 2.24) is 20.5 Å². The maximum Gasteiger partial charge on any atom is 0.223 e. The fourth-order valence-corrected chi connectivity index (χ4v) is 3.99. The molecule has 7 nitrogen and oxygen atoms in total. The molecule has 0 aliphatic carbocycles. The monoisotopic (exact) mass is 551 g/mol. The van der Waals surface area contributed by atoms with Crippen LogP contribution in [0.4, 0.5) is 0 Å². The van der Waals surface area contributed by atoms with Crippen molar-refractivity contribution in [1.29, 1.82) is 0 Å². The Kier molecular flexibility index (Phi) is 10.2. The van der Waals surface area contributed by atoms with E-state index in [2.05, 4.69) is 32.7 Å². The van der Waals surface area contributed by atoms with Crippen LogP contribution in [0.25, 0.3) is 0 Å². The Morgan fingerprint density at radius 2 is 2.00 bits per heavy atom. The van der Waals surface area contributed by atoms with Gasteiger partial charge in [-0.05, 0) is 25.8 Å². The highest BCUT2D eigenvalue weighted by Crippen LogP contribution is 2.23. The number of amides is 1. The third kappa shape index (κ3) is 6.82. The Balaban J connectivity index is 0.00000363. The van der Waals surface area contributed by atoms with Crippen molar-refractivity contribution in [2.45, 2.75) is 33.2 Å². The summed E-state index contributed by atoms with van der Waals surface area (Å²) in [4.78, 5) is 23.2. The smallest absolute Gasteiger partial charge is 0.223 e. The number of aromatic nitrogens is 1. The largest absolute Gasteiger partial charge is 0.496 e. The number of aryl methyl sites for hydroxylation is 1. The van der Waals surface area contributed by atoms with E-state index in [9.17, 15) is 4.79 Å². The van der Waals surface area contributed by atoms with Crippen LogP contribution in [0.3, 0.4) is 0 Å². The minimum absolute atomic E-state index is 0. The topological polar surface area (TPSA) is 78.9 Å². The molecule has 32 heavy (non-hydrogen) atoms. The van der Waals surface area contributed by atoms with Gasteiger partial charge in [0, 0.05) is 56.3 Å². The lowest BCUT2D eigenvalue weighted by Gasteiger charge is -2.18. The van der Waals surface area contributed by atoms with Crippen LogP contribution >= 0.6 is 24.0 Å². The van der Waals surface area contributed by atoms with Gasteiger partial charge in [-0.3, -0.25) is 14.8 Å². The van der Waals surface area contributed by atoms with Crippen molar-refractivity contribution in [2.75, 3.05) is 33.8 Å². The normalized spacial score (nSPS) is 16.0. The molecule has 0 radical (unpaired) electrons. The van der Waals surface area contributed by atoms with Crippen LogP contribution in [0.2, 0.25) is 0 Å². The van der Waals surface area contributed by atoms with Gasteiger partial charge in [0.2, 0.25) is 5.91 Å². The molecule has 0 saturated carbocycles. The van der Waals surface area contributed by atoms with Crippen molar-refractivity contribution in [3.63, 3.8) is 0 Å². The van der Waals surface area contributed by atoms with E-state index in [-0.39, 0.29) is 35.8 Å². The molecule has 1 saturated heterocycles. The van der Waals surface area contributed by atoms with Gasteiger partial charge in [-0.25, -0.2) is 0 Å². The number of rotatable bonds is 8. The third-order valence-electron chi connectivity index (χ3n) is 5.76. The summed E-state index contributed by atoms with van der Waals surface area (Å²) in [5.74, 6) is 2.09. The van der Waals surface area contributed by atoms with Crippen molar-refractivity contribution >= 4 is 35.8 Å². The molecule has 1 unspecified atom stereocenters. The maximum absolute atomic E-state index is 12.4. The van der Waals surface area contributed by atoms with E-state index in [0.717, 1.165) is 42.1 Å². The summed E-state index contributed by atoms with van der Waals surface area (Å²) in [6, 6.07) is 10.3. The van der Waals surface area contributed by atoms with Crippen molar-refractivity contribution in [2.24, 2.45) is 10.9 Å². The number of carbonyl (C=O) groups is 1. The average Bonchev–Trinajstić information content (AvgIpc) is 3.14. The zero-order chi connectivity index (χ0) is 22.2. The molecule has 1 atom stereocenters. The van der Waals surface area contributed by atoms with E-state index in [4.69, 9.17) is 4.74 Å². The molecular weight excluding hydrogens is 517 g/mol. The average molecular weight is 551 g/mol. The van der Waals surface area contributed by atoms with E-state index in [1.807, 2.05) is 43.1 Å². The van der Waals surface area contributed by atoms with Gasteiger partial charge in [0.05, 0.1) is 19.3 Å². The number of methoxy groups -OCH3 is 1. The van der Waals surface area contributed by atoms with E-state index >= 15 is 0 Å². The number of halogens is 1. The van der Waals surface area contributed by atoms with Crippen LogP contribution < -0.4 is 15.4 Å². The number of hydrogen-bond acceptors (Lipinski definition) is 4. The summed E-state index contributed by atoms with van der Waals surface area (Å²) in [5.41, 5.74) is 4.24. The molecule has 1 fully saturated rings. The first-order valence-electron chi connectivity index (χ1n) is 10.8. The lowest BCUT2D eigenvalue weighted by Crippen LogP contribution is -2.40. The molecule has 3 rings (SSSR count). The number of benzene rings is 1. The van der Waals surface area contributed by atoms with Crippen LogP contribution in [-0.2, 0) is 17.8 Å². The van der Waals surface area contributed by atoms with Crippen molar-refractivity contribution in [3.05, 3.63) is 58.9 Å². The second-order valence-electron chi connectivity index (χ2n) is 8.00. The van der Waals surface area contributed by atoms with Gasteiger partial charge in [-0.15, -0.1) is 24.0 Å². The number of aliphatic imine (C=N–C) groups is 1.